The van der Waals surface area contributed by atoms with Crippen LogP contribution < -0.4 is 4.74 Å². The summed E-state index contributed by atoms with van der Waals surface area (Å²) < 4.78 is 6.02. The first-order chi connectivity index (χ1) is 7.13. The molecule has 0 unspecified atom stereocenters. The minimum absolute atomic E-state index is 0.649. The molecule has 0 saturated heterocycles. The standard InChI is InChI=1S/C11H9BrClNO/c1-6-11(13)10(12)8-5-7(15-2)3-4-9(8)14-6/h3-5H,1-2H3. The molecule has 0 amide bonds. The summed E-state index contributed by atoms with van der Waals surface area (Å²) in [4.78, 5) is 4.39. The Labute approximate surface area is 101 Å². The van der Waals surface area contributed by atoms with Gasteiger partial charge in [0.2, 0.25) is 0 Å². The van der Waals surface area contributed by atoms with Crippen LogP contribution in [0.2, 0.25) is 5.02 Å². The van der Waals surface area contributed by atoms with E-state index in [2.05, 4.69) is 20.9 Å². The molecule has 2 nitrogen and oxygen atoms in total. The number of benzene rings is 1. The maximum absolute atomic E-state index is 6.10. The van der Waals surface area contributed by atoms with Gasteiger partial charge in [-0.15, -0.1) is 0 Å². The molecule has 0 N–H and O–H groups in total. The fraction of sp³-hybridized carbons (Fsp3) is 0.182. The number of hydrogen-bond donors (Lipinski definition) is 0. The molecule has 0 bridgehead atoms. The smallest absolute Gasteiger partial charge is 0.119 e. The Morgan fingerprint density at radius 2 is 2.13 bits per heavy atom. The van der Waals surface area contributed by atoms with Crippen molar-refractivity contribution in [2.45, 2.75) is 6.92 Å². The second-order valence-electron chi connectivity index (χ2n) is 3.21. The van der Waals surface area contributed by atoms with Crippen molar-refractivity contribution in [1.82, 2.24) is 4.98 Å². The Balaban J connectivity index is 2.81. The lowest BCUT2D eigenvalue weighted by atomic mass is 10.2. The number of hydrogen-bond acceptors (Lipinski definition) is 2. The van der Waals surface area contributed by atoms with Crippen LogP contribution in [0.15, 0.2) is 22.7 Å². The van der Waals surface area contributed by atoms with E-state index >= 15 is 0 Å². The molecule has 0 atom stereocenters. The maximum atomic E-state index is 6.10. The summed E-state index contributed by atoms with van der Waals surface area (Å²) in [5, 5.41) is 1.61. The van der Waals surface area contributed by atoms with E-state index in [1.807, 2.05) is 25.1 Å². The van der Waals surface area contributed by atoms with Gasteiger partial charge in [-0.2, -0.15) is 0 Å². The molecule has 0 fully saturated rings. The van der Waals surface area contributed by atoms with Crippen LogP contribution in [0.3, 0.4) is 0 Å². The average molecular weight is 287 g/mol. The highest BCUT2D eigenvalue weighted by atomic mass is 79.9. The Morgan fingerprint density at radius 3 is 2.80 bits per heavy atom. The third kappa shape index (κ3) is 1.82. The number of methoxy groups -OCH3 is 1. The first kappa shape index (κ1) is 10.7. The second kappa shape index (κ2) is 3.99. The summed E-state index contributed by atoms with van der Waals surface area (Å²) in [5.41, 5.74) is 1.73. The summed E-state index contributed by atoms with van der Waals surface area (Å²) in [6.07, 6.45) is 0. The van der Waals surface area contributed by atoms with E-state index in [1.54, 1.807) is 7.11 Å². The highest BCUT2D eigenvalue weighted by molar-refractivity contribution is 9.10. The van der Waals surface area contributed by atoms with E-state index in [4.69, 9.17) is 16.3 Å². The third-order valence-electron chi connectivity index (χ3n) is 2.24. The molecular formula is C11H9BrClNO. The van der Waals surface area contributed by atoms with E-state index in [1.165, 1.54) is 0 Å². The molecule has 0 aliphatic carbocycles. The van der Waals surface area contributed by atoms with Gasteiger partial charge in [0, 0.05) is 9.86 Å². The number of halogens is 2. The molecule has 2 aromatic rings. The molecule has 15 heavy (non-hydrogen) atoms. The predicted octanol–water partition coefficient (Wildman–Crippen LogP) is 3.97. The average Bonchev–Trinajstić information content (AvgIpc) is 2.26. The second-order valence-corrected chi connectivity index (χ2v) is 4.38. The van der Waals surface area contributed by atoms with E-state index in [-0.39, 0.29) is 0 Å². The Hall–Kier alpha value is -0.800. The number of aromatic nitrogens is 1. The normalized spacial score (nSPS) is 10.7. The summed E-state index contributed by atoms with van der Waals surface area (Å²) in [7, 11) is 1.64. The minimum atomic E-state index is 0.649. The summed E-state index contributed by atoms with van der Waals surface area (Å²) >= 11 is 9.57. The lowest BCUT2D eigenvalue weighted by Gasteiger charge is -2.07. The van der Waals surface area contributed by atoms with Gasteiger partial charge in [-0.25, -0.2) is 0 Å². The van der Waals surface area contributed by atoms with Crippen molar-refractivity contribution in [3.8, 4) is 5.75 Å². The van der Waals surface area contributed by atoms with E-state index in [0.717, 1.165) is 26.8 Å². The largest absolute Gasteiger partial charge is 0.497 e. The quantitative estimate of drug-likeness (QED) is 0.791. The number of rotatable bonds is 1. The molecule has 2 rings (SSSR count). The molecule has 78 valence electrons. The van der Waals surface area contributed by atoms with Crippen LogP contribution in [0.4, 0.5) is 0 Å². The third-order valence-corrected chi connectivity index (χ3v) is 3.75. The minimum Gasteiger partial charge on any atom is -0.497 e. The summed E-state index contributed by atoms with van der Waals surface area (Å²) in [6, 6.07) is 5.72. The lowest BCUT2D eigenvalue weighted by Crippen LogP contribution is -1.89. The predicted molar refractivity (Wildman–Crippen MR) is 65.7 cm³/mol. The number of ether oxygens (including phenoxy) is 1. The van der Waals surface area contributed by atoms with Crippen molar-refractivity contribution in [2.24, 2.45) is 0 Å². The van der Waals surface area contributed by atoms with Crippen molar-refractivity contribution >= 4 is 38.4 Å². The van der Waals surface area contributed by atoms with Crippen molar-refractivity contribution < 1.29 is 4.74 Å². The zero-order valence-electron chi connectivity index (χ0n) is 8.34. The number of aryl methyl sites for hydroxylation is 1. The molecule has 0 spiro atoms. The van der Waals surface area contributed by atoms with Gasteiger partial charge < -0.3 is 4.74 Å². The Bertz CT molecular complexity index is 527. The SMILES string of the molecule is COc1ccc2nc(C)c(Cl)c(Br)c2c1. The highest BCUT2D eigenvalue weighted by Crippen LogP contribution is 2.33. The van der Waals surface area contributed by atoms with Crippen LogP contribution in [-0.4, -0.2) is 12.1 Å². The highest BCUT2D eigenvalue weighted by Gasteiger charge is 2.09. The van der Waals surface area contributed by atoms with Gasteiger partial charge >= 0.3 is 0 Å². The van der Waals surface area contributed by atoms with Crippen molar-refractivity contribution in [2.75, 3.05) is 7.11 Å². The Morgan fingerprint density at radius 1 is 1.40 bits per heavy atom. The molecule has 0 saturated carbocycles. The van der Waals surface area contributed by atoms with Crippen LogP contribution in [0.1, 0.15) is 5.69 Å². The summed E-state index contributed by atoms with van der Waals surface area (Å²) in [5.74, 6) is 0.796. The van der Waals surface area contributed by atoms with Crippen LogP contribution in [-0.2, 0) is 0 Å². The number of nitrogens with zero attached hydrogens (tertiary/aromatic N) is 1. The fourth-order valence-electron chi connectivity index (χ4n) is 1.42. The van der Waals surface area contributed by atoms with Crippen LogP contribution in [0.5, 0.6) is 5.75 Å². The topological polar surface area (TPSA) is 22.1 Å². The lowest BCUT2D eigenvalue weighted by molar-refractivity contribution is 0.415. The van der Waals surface area contributed by atoms with Crippen molar-refractivity contribution in [3.63, 3.8) is 0 Å². The van der Waals surface area contributed by atoms with Gasteiger partial charge in [0.05, 0.1) is 23.3 Å². The number of pyridine rings is 1. The molecule has 4 heteroatoms. The van der Waals surface area contributed by atoms with Gasteiger partial charge in [-0.1, -0.05) is 11.6 Å². The van der Waals surface area contributed by atoms with Gasteiger partial charge in [0.15, 0.2) is 0 Å². The monoisotopic (exact) mass is 285 g/mol. The maximum Gasteiger partial charge on any atom is 0.119 e. The van der Waals surface area contributed by atoms with Crippen LogP contribution in [0.25, 0.3) is 10.9 Å². The molecule has 1 heterocycles. The molecule has 0 aliphatic rings. The fourth-order valence-corrected chi connectivity index (χ4v) is 2.17. The molecule has 1 aromatic carbocycles. The molecule has 1 aromatic heterocycles. The first-order valence-electron chi connectivity index (χ1n) is 4.43. The van der Waals surface area contributed by atoms with Gasteiger partial charge in [-0.05, 0) is 41.1 Å². The van der Waals surface area contributed by atoms with E-state index in [0.29, 0.717) is 5.02 Å². The van der Waals surface area contributed by atoms with Crippen LogP contribution in [0, 0.1) is 6.92 Å². The molecule has 0 aliphatic heterocycles. The zero-order valence-corrected chi connectivity index (χ0v) is 10.7. The van der Waals surface area contributed by atoms with E-state index in [9.17, 15) is 0 Å². The zero-order chi connectivity index (χ0) is 11.0. The van der Waals surface area contributed by atoms with Crippen molar-refractivity contribution in [1.29, 1.82) is 0 Å². The first-order valence-corrected chi connectivity index (χ1v) is 5.60. The Kier molecular flexibility index (Phi) is 2.85. The molecular weight excluding hydrogens is 277 g/mol. The van der Waals surface area contributed by atoms with E-state index < -0.39 is 0 Å². The molecule has 0 radical (unpaired) electrons. The number of fused-ring (bicyclic) bond motifs is 1. The van der Waals surface area contributed by atoms with Crippen molar-refractivity contribution in [3.05, 3.63) is 33.4 Å². The van der Waals surface area contributed by atoms with Gasteiger partial charge in [-0.3, -0.25) is 4.98 Å². The van der Waals surface area contributed by atoms with Gasteiger partial charge in [0.1, 0.15) is 5.75 Å². The summed E-state index contributed by atoms with van der Waals surface area (Å²) in [6.45, 7) is 1.89. The van der Waals surface area contributed by atoms with Crippen LogP contribution >= 0.6 is 27.5 Å². The van der Waals surface area contributed by atoms with Gasteiger partial charge in [0.25, 0.3) is 0 Å².